The number of nitrogens with one attached hydrogen (secondary N) is 1. The van der Waals surface area contributed by atoms with Crippen molar-refractivity contribution in [1.82, 2.24) is 25.3 Å². The highest BCUT2D eigenvalue weighted by atomic mass is 32.2. The lowest BCUT2D eigenvalue weighted by Gasteiger charge is -2.48. The van der Waals surface area contributed by atoms with Gasteiger partial charge in [-0.25, -0.2) is 18.4 Å². The van der Waals surface area contributed by atoms with Crippen LogP contribution in [0.3, 0.4) is 0 Å². The second-order valence-electron chi connectivity index (χ2n) is 10.5. The van der Waals surface area contributed by atoms with E-state index in [2.05, 4.69) is 27.1 Å². The minimum Gasteiger partial charge on any atom is -0.378 e. The van der Waals surface area contributed by atoms with Gasteiger partial charge in [0.05, 0.1) is 52.3 Å². The molecule has 0 aromatic carbocycles. The smallest absolute Gasteiger partial charge is 0.253 e. The summed E-state index contributed by atoms with van der Waals surface area (Å²) in [6.07, 6.45) is 6.75. The Morgan fingerprint density at radius 2 is 1.92 bits per heavy atom. The molecule has 0 saturated carbocycles. The van der Waals surface area contributed by atoms with Gasteiger partial charge in [-0.3, -0.25) is 14.8 Å². The Kier molecular flexibility index (Phi) is 6.27. The predicted molar refractivity (Wildman–Crippen MR) is 146 cm³/mol. The maximum atomic E-state index is 12.6. The second kappa shape index (κ2) is 9.65. The Labute approximate surface area is 226 Å². The van der Waals surface area contributed by atoms with Crippen LogP contribution in [0.4, 0.5) is 5.82 Å². The summed E-state index contributed by atoms with van der Waals surface area (Å²) in [4.78, 5) is 32.9. The van der Waals surface area contributed by atoms with E-state index in [1.807, 2.05) is 36.4 Å². The Hall–Kier alpha value is -3.96. The largest absolute Gasteiger partial charge is 0.378 e. The number of anilines is 1. The van der Waals surface area contributed by atoms with E-state index in [-0.39, 0.29) is 22.4 Å². The highest BCUT2D eigenvalue weighted by Crippen LogP contribution is 2.42. The van der Waals surface area contributed by atoms with E-state index in [0.29, 0.717) is 11.8 Å². The number of carbonyl (C=O) groups is 1. The Balaban J connectivity index is 1.17. The fourth-order valence-corrected chi connectivity index (χ4v) is 5.84. The third kappa shape index (κ3) is 5.19. The first kappa shape index (κ1) is 25.3. The molecule has 11 heteroatoms. The molecule has 4 aromatic rings. The number of carbonyl (C=O) groups excluding carboxylic acids is 1. The minimum absolute atomic E-state index is 0.0100. The molecule has 1 spiro atoms. The third-order valence-corrected chi connectivity index (χ3v) is 8.31. The van der Waals surface area contributed by atoms with Crippen molar-refractivity contribution in [3.05, 3.63) is 72.3 Å². The molecular formula is C28H28N6O4S. The van der Waals surface area contributed by atoms with Crippen molar-refractivity contribution in [2.45, 2.75) is 30.9 Å². The van der Waals surface area contributed by atoms with Gasteiger partial charge in [0.25, 0.3) is 5.91 Å². The fraction of sp³-hybridized carbons (Fsp3) is 0.321. The van der Waals surface area contributed by atoms with Crippen molar-refractivity contribution < 1.29 is 17.9 Å². The van der Waals surface area contributed by atoms with Crippen LogP contribution in [0.1, 0.15) is 29.4 Å². The molecule has 1 atom stereocenters. The van der Waals surface area contributed by atoms with Crippen molar-refractivity contribution in [3.63, 3.8) is 0 Å². The molecule has 39 heavy (non-hydrogen) atoms. The molecule has 2 saturated heterocycles. The summed E-state index contributed by atoms with van der Waals surface area (Å²) in [7, 11) is -3.47. The predicted octanol–water partition coefficient (Wildman–Crippen LogP) is 3.04. The lowest BCUT2D eigenvalue weighted by molar-refractivity contribution is 0.0949. The summed E-state index contributed by atoms with van der Waals surface area (Å²) in [6, 6.07) is 13.0. The summed E-state index contributed by atoms with van der Waals surface area (Å²) in [5.41, 5.74) is 3.31. The lowest BCUT2D eigenvalue weighted by atomic mass is 9.78. The average Bonchev–Trinajstić information content (AvgIpc) is 3.32. The van der Waals surface area contributed by atoms with Crippen LogP contribution in [0.25, 0.3) is 22.3 Å². The van der Waals surface area contributed by atoms with Gasteiger partial charge in [0.15, 0.2) is 9.84 Å². The van der Waals surface area contributed by atoms with Gasteiger partial charge in [0, 0.05) is 48.7 Å². The van der Waals surface area contributed by atoms with Crippen LogP contribution >= 0.6 is 0 Å². The summed E-state index contributed by atoms with van der Waals surface area (Å²) in [5, 5.41) is 3.64. The number of fused-ring (bicyclic) bond motifs is 1. The second-order valence-corrected chi connectivity index (χ2v) is 12.5. The van der Waals surface area contributed by atoms with Crippen LogP contribution < -0.4 is 10.2 Å². The van der Waals surface area contributed by atoms with Gasteiger partial charge in [0.2, 0.25) is 0 Å². The van der Waals surface area contributed by atoms with E-state index < -0.39 is 15.7 Å². The minimum atomic E-state index is -3.47. The molecule has 6 heterocycles. The maximum absolute atomic E-state index is 12.6. The topological polar surface area (TPSA) is 127 Å². The van der Waals surface area contributed by atoms with E-state index in [1.165, 1.54) is 18.5 Å². The number of rotatable bonds is 6. The van der Waals surface area contributed by atoms with Crippen LogP contribution in [0.15, 0.2) is 66.0 Å². The van der Waals surface area contributed by atoms with Crippen LogP contribution in [0, 0.1) is 5.41 Å². The maximum Gasteiger partial charge on any atom is 0.253 e. The SMILES string of the molecule is CC1CC2(CO1)CN(c1cccc(-c3ccc4cnc(CNC(=O)c5cncc(S(C)(=O)=O)c5)cc4n3)n1)C2. The number of amides is 1. The van der Waals surface area contributed by atoms with Crippen molar-refractivity contribution in [1.29, 1.82) is 0 Å². The molecule has 0 radical (unpaired) electrons. The zero-order valence-electron chi connectivity index (χ0n) is 21.7. The van der Waals surface area contributed by atoms with Crippen molar-refractivity contribution in [3.8, 4) is 11.4 Å². The van der Waals surface area contributed by atoms with E-state index in [4.69, 9.17) is 14.7 Å². The van der Waals surface area contributed by atoms with Crippen molar-refractivity contribution in [2.75, 3.05) is 30.9 Å². The number of hydrogen-bond donors (Lipinski definition) is 1. The molecule has 2 aliphatic rings. The number of aromatic nitrogens is 4. The summed E-state index contributed by atoms with van der Waals surface area (Å²) in [6.45, 7) is 5.00. The standard InChI is InChI=1S/C28H28N6O4S/c1-18-10-28(17-38-18)15-34(16-28)26-5-3-4-23(33-26)24-7-6-19-12-30-21(9-25(19)32-24)13-31-27(35)20-8-22(14-29-11-20)39(2,36)37/h3-9,11-12,14,18H,10,13,15-17H2,1-2H3,(H,31,35). The normalized spacial score (nSPS) is 18.3. The van der Waals surface area contributed by atoms with Gasteiger partial charge in [-0.2, -0.15) is 0 Å². The van der Waals surface area contributed by atoms with Crippen LogP contribution in [0.5, 0.6) is 0 Å². The number of nitrogens with zero attached hydrogens (tertiary/aromatic N) is 5. The van der Waals surface area contributed by atoms with Crippen LogP contribution in [-0.4, -0.2) is 66.3 Å². The van der Waals surface area contributed by atoms with Gasteiger partial charge in [-0.15, -0.1) is 0 Å². The van der Waals surface area contributed by atoms with E-state index >= 15 is 0 Å². The first-order valence-electron chi connectivity index (χ1n) is 12.7. The summed E-state index contributed by atoms with van der Waals surface area (Å²) >= 11 is 0. The number of ether oxygens (including phenoxy) is 1. The first-order chi connectivity index (χ1) is 18.7. The van der Waals surface area contributed by atoms with Gasteiger partial charge < -0.3 is 15.0 Å². The van der Waals surface area contributed by atoms with Gasteiger partial charge in [0.1, 0.15) is 5.82 Å². The van der Waals surface area contributed by atoms with Crippen LogP contribution in [-0.2, 0) is 21.1 Å². The molecule has 0 bridgehead atoms. The van der Waals surface area contributed by atoms with Crippen LogP contribution in [0.2, 0.25) is 0 Å². The lowest BCUT2D eigenvalue weighted by Crippen LogP contribution is -2.57. The molecular weight excluding hydrogens is 516 g/mol. The zero-order chi connectivity index (χ0) is 27.2. The molecule has 200 valence electrons. The highest BCUT2D eigenvalue weighted by Gasteiger charge is 2.48. The quantitative estimate of drug-likeness (QED) is 0.390. The van der Waals surface area contributed by atoms with Gasteiger partial charge >= 0.3 is 0 Å². The Morgan fingerprint density at radius 1 is 1.10 bits per heavy atom. The monoisotopic (exact) mass is 544 g/mol. The molecule has 2 aliphatic heterocycles. The molecule has 0 aliphatic carbocycles. The third-order valence-electron chi connectivity index (χ3n) is 7.23. The summed E-state index contributed by atoms with van der Waals surface area (Å²) in [5.74, 6) is 0.496. The van der Waals surface area contributed by atoms with E-state index in [0.717, 1.165) is 60.5 Å². The summed E-state index contributed by atoms with van der Waals surface area (Å²) < 4.78 is 29.3. The van der Waals surface area contributed by atoms with Gasteiger partial charge in [-0.1, -0.05) is 6.07 Å². The van der Waals surface area contributed by atoms with E-state index in [9.17, 15) is 13.2 Å². The van der Waals surface area contributed by atoms with Crippen molar-refractivity contribution >= 4 is 32.5 Å². The Bertz CT molecular complexity index is 1690. The fourth-order valence-electron chi connectivity index (χ4n) is 5.25. The number of hydrogen-bond acceptors (Lipinski definition) is 9. The Morgan fingerprint density at radius 3 is 2.69 bits per heavy atom. The molecule has 2 fully saturated rings. The molecule has 1 N–H and O–H groups in total. The molecule has 6 rings (SSSR count). The number of pyridine rings is 4. The molecule has 1 amide bonds. The molecule has 1 unspecified atom stereocenters. The zero-order valence-corrected chi connectivity index (χ0v) is 22.5. The average molecular weight is 545 g/mol. The van der Waals surface area contributed by atoms with Crippen molar-refractivity contribution in [2.24, 2.45) is 5.41 Å². The van der Waals surface area contributed by atoms with E-state index in [1.54, 1.807) is 6.20 Å². The first-order valence-corrected chi connectivity index (χ1v) is 14.6. The molecule has 4 aromatic heterocycles. The highest BCUT2D eigenvalue weighted by molar-refractivity contribution is 7.90. The molecule has 10 nitrogen and oxygen atoms in total. The van der Waals surface area contributed by atoms with Gasteiger partial charge in [-0.05, 0) is 49.7 Å². The number of sulfone groups is 1.